The maximum atomic E-state index is 12.0. The minimum absolute atomic E-state index is 0.0254. The minimum Gasteiger partial charge on any atom is -0.361 e. The standard InChI is InChI=1S/C16H18N4O3/c1-10-6-11(2)16(12(3)7-10)19-15(21)9-18-14-5-4-13(8-17-14)20(22)23/h4-8H,9H2,1-3H3,(H,17,18)(H,19,21). The fourth-order valence-electron chi connectivity index (χ4n) is 2.33. The number of amides is 1. The molecule has 1 amide bonds. The molecule has 7 nitrogen and oxygen atoms in total. The predicted molar refractivity (Wildman–Crippen MR) is 88.7 cm³/mol. The summed E-state index contributed by atoms with van der Waals surface area (Å²) >= 11 is 0. The summed E-state index contributed by atoms with van der Waals surface area (Å²) in [6.07, 6.45) is 1.15. The Hall–Kier alpha value is -2.96. The number of nitrogens with zero attached hydrogens (tertiary/aromatic N) is 2. The van der Waals surface area contributed by atoms with Crippen molar-refractivity contribution in [1.29, 1.82) is 0 Å². The number of nitro groups is 1. The summed E-state index contributed by atoms with van der Waals surface area (Å²) in [5.41, 5.74) is 3.87. The number of benzene rings is 1. The Balaban J connectivity index is 1.96. The molecule has 0 aliphatic carbocycles. The molecule has 0 aliphatic heterocycles. The van der Waals surface area contributed by atoms with Crippen LogP contribution >= 0.6 is 0 Å². The normalized spacial score (nSPS) is 10.2. The van der Waals surface area contributed by atoms with Crippen molar-refractivity contribution in [3.05, 3.63) is 57.3 Å². The largest absolute Gasteiger partial charge is 0.361 e. The SMILES string of the molecule is Cc1cc(C)c(NC(=O)CNc2ccc([N+](=O)[O-])cn2)c(C)c1. The van der Waals surface area contributed by atoms with E-state index in [0.717, 1.165) is 28.6 Å². The molecule has 0 spiro atoms. The summed E-state index contributed by atoms with van der Waals surface area (Å²) in [5.74, 6) is 0.198. The Morgan fingerprint density at radius 1 is 1.22 bits per heavy atom. The number of carbonyl (C=O) groups excluding carboxylic acids is 1. The molecule has 0 radical (unpaired) electrons. The van der Waals surface area contributed by atoms with Crippen molar-refractivity contribution in [3.63, 3.8) is 0 Å². The van der Waals surface area contributed by atoms with Crippen LogP contribution in [0.3, 0.4) is 0 Å². The van der Waals surface area contributed by atoms with E-state index >= 15 is 0 Å². The first kappa shape index (κ1) is 16.4. The van der Waals surface area contributed by atoms with Gasteiger partial charge in [0.2, 0.25) is 5.91 Å². The van der Waals surface area contributed by atoms with Crippen LogP contribution in [0.25, 0.3) is 0 Å². The molecule has 7 heteroatoms. The van der Waals surface area contributed by atoms with Gasteiger partial charge in [0.25, 0.3) is 5.69 Å². The van der Waals surface area contributed by atoms with Crippen molar-refractivity contribution in [3.8, 4) is 0 Å². The van der Waals surface area contributed by atoms with Gasteiger partial charge in [-0.15, -0.1) is 0 Å². The van der Waals surface area contributed by atoms with E-state index in [2.05, 4.69) is 15.6 Å². The third kappa shape index (κ3) is 4.26. The lowest BCUT2D eigenvalue weighted by atomic mass is 10.1. The number of pyridine rings is 1. The molecule has 2 aromatic rings. The summed E-state index contributed by atoms with van der Waals surface area (Å²) in [6.45, 7) is 5.92. The number of aromatic nitrogens is 1. The Morgan fingerprint density at radius 2 is 1.87 bits per heavy atom. The van der Waals surface area contributed by atoms with E-state index < -0.39 is 4.92 Å². The molecule has 0 saturated heterocycles. The second-order valence-electron chi connectivity index (χ2n) is 5.33. The Kier molecular flexibility index (Phi) is 4.90. The van der Waals surface area contributed by atoms with E-state index in [1.165, 1.54) is 12.1 Å². The van der Waals surface area contributed by atoms with E-state index in [1.807, 2.05) is 32.9 Å². The zero-order chi connectivity index (χ0) is 17.0. The number of anilines is 2. The lowest BCUT2D eigenvalue weighted by Crippen LogP contribution is -2.23. The summed E-state index contributed by atoms with van der Waals surface area (Å²) in [4.78, 5) is 26.0. The van der Waals surface area contributed by atoms with Crippen LogP contribution in [-0.4, -0.2) is 22.4 Å². The molecule has 0 unspecified atom stereocenters. The van der Waals surface area contributed by atoms with Gasteiger partial charge in [-0.2, -0.15) is 0 Å². The van der Waals surface area contributed by atoms with E-state index in [-0.39, 0.29) is 18.1 Å². The fourth-order valence-corrected chi connectivity index (χ4v) is 2.33. The van der Waals surface area contributed by atoms with Crippen LogP contribution in [0.2, 0.25) is 0 Å². The van der Waals surface area contributed by atoms with Crippen molar-refractivity contribution in [2.45, 2.75) is 20.8 Å². The van der Waals surface area contributed by atoms with Gasteiger partial charge in [-0.1, -0.05) is 17.7 Å². The third-order valence-corrected chi connectivity index (χ3v) is 3.33. The molecule has 2 N–H and O–H groups in total. The zero-order valence-electron chi connectivity index (χ0n) is 13.2. The maximum absolute atomic E-state index is 12.0. The average molecular weight is 314 g/mol. The molecule has 2 rings (SSSR count). The van der Waals surface area contributed by atoms with Crippen molar-refractivity contribution < 1.29 is 9.72 Å². The summed E-state index contributed by atoms with van der Waals surface area (Å²) in [5, 5.41) is 16.3. The van der Waals surface area contributed by atoms with Gasteiger partial charge in [0.1, 0.15) is 12.0 Å². The Morgan fingerprint density at radius 3 is 2.39 bits per heavy atom. The molecule has 0 atom stereocenters. The van der Waals surface area contributed by atoms with Crippen molar-refractivity contribution in [2.75, 3.05) is 17.2 Å². The van der Waals surface area contributed by atoms with E-state index in [1.54, 1.807) is 0 Å². The number of nitrogens with one attached hydrogen (secondary N) is 2. The summed E-state index contributed by atoms with van der Waals surface area (Å²) in [6, 6.07) is 6.82. The highest BCUT2D eigenvalue weighted by Gasteiger charge is 2.09. The molecule has 1 heterocycles. The molecule has 0 fully saturated rings. The van der Waals surface area contributed by atoms with Crippen LogP contribution in [0.15, 0.2) is 30.5 Å². The van der Waals surface area contributed by atoms with E-state index in [9.17, 15) is 14.9 Å². The monoisotopic (exact) mass is 314 g/mol. The van der Waals surface area contributed by atoms with Gasteiger partial charge < -0.3 is 10.6 Å². The molecule has 0 bridgehead atoms. The Bertz CT molecular complexity index is 718. The van der Waals surface area contributed by atoms with Gasteiger partial charge in [-0.05, 0) is 38.0 Å². The van der Waals surface area contributed by atoms with Gasteiger partial charge in [0.05, 0.1) is 11.5 Å². The zero-order valence-corrected chi connectivity index (χ0v) is 13.2. The van der Waals surface area contributed by atoms with Crippen LogP contribution < -0.4 is 10.6 Å². The molecule has 1 aromatic carbocycles. The molecule has 23 heavy (non-hydrogen) atoms. The third-order valence-electron chi connectivity index (χ3n) is 3.33. The summed E-state index contributed by atoms with van der Waals surface area (Å²) < 4.78 is 0. The molecule has 0 aliphatic rings. The number of hydrogen-bond donors (Lipinski definition) is 2. The van der Waals surface area contributed by atoms with Crippen LogP contribution in [0.4, 0.5) is 17.2 Å². The first-order valence-electron chi connectivity index (χ1n) is 7.09. The van der Waals surface area contributed by atoms with E-state index in [0.29, 0.717) is 5.82 Å². The topological polar surface area (TPSA) is 97.2 Å². The minimum atomic E-state index is -0.521. The highest BCUT2D eigenvalue weighted by Crippen LogP contribution is 2.21. The van der Waals surface area contributed by atoms with E-state index in [4.69, 9.17) is 0 Å². The second-order valence-corrected chi connectivity index (χ2v) is 5.33. The maximum Gasteiger partial charge on any atom is 0.287 e. The Labute approximate surface area is 133 Å². The van der Waals surface area contributed by atoms with Crippen LogP contribution in [0, 0.1) is 30.9 Å². The van der Waals surface area contributed by atoms with Crippen molar-refractivity contribution in [1.82, 2.24) is 4.98 Å². The molecule has 0 saturated carbocycles. The first-order valence-corrected chi connectivity index (χ1v) is 7.09. The van der Waals surface area contributed by atoms with Crippen LogP contribution in [0.5, 0.6) is 0 Å². The summed E-state index contributed by atoms with van der Waals surface area (Å²) in [7, 11) is 0. The number of rotatable bonds is 5. The highest BCUT2D eigenvalue weighted by atomic mass is 16.6. The quantitative estimate of drug-likeness (QED) is 0.653. The molecular weight excluding hydrogens is 296 g/mol. The predicted octanol–water partition coefficient (Wildman–Crippen LogP) is 2.97. The fraction of sp³-hybridized carbons (Fsp3) is 0.250. The van der Waals surface area contributed by atoms with Gasteiger partial charge in [-0.3, -0.25) is 14.9 Å². The molecular formula is C16H18N4O3. The van der Waals surface area contributed by atoms with Gasteiger partial charge in [0, 0.05) is 11.8 Å². The smallest absolute Gasteiger partial charge is 0.287 e. The highest BCUT2D eigenvalue weighted by molar-refractivity contribution is 5.95. The molecule has 120 valence electrons. The van der Waals surface area contributed by atoms with Gasteiger partial charge >= 0.3 is 0 Å². The van der Waals surface area contributed by atoms with Gasteiger partial charge in [0.15, 0.2) is 0 Å². The number of carbonyl (C=O) groups is 1. The lowest BCUT2D eigenvalue weighted by molar-refractivity contribution is -0.385. The van der Waals surface area contributed by atoms with Gasteiger partial charge in [-0.25, -0.2) is 4.98 Å². The molecule has 1 aromatic heterocycles. The van der Waals surface area contributed by atoms with Crippen molar-refractivity contribution >= 4 is 23.1 Å². The van der Waals surface area contributed by atoms with Crippen LogP contribution in [0.1, 0.15) is 16.7 Å². The number of aryl methyl sites for hydroxylation is 3. The van der Waals surface area contributed by atoms with Crippen molar-refractivity contribution in [2.24, 2.45) is 0 Å². The van der Waals surface area contributed by atoms with Crippen LogP contribution in [-0.2, 0) is 4.79 Å². The first-order chi connectivity index (χ1) is 10.9. The average Bonchev–Trinajstić information content (AvgIpc) is 2.49. The second kappa shape index (κ2) is 6.87. The number of hydrogen-bond acceptors (Lipinski definition) is 5. The lowest BCUT2D eigenvalue weighted by Gasteiger charge is -2.13.